The molecule has 1 amide bonds. The Balaban J connectivity index is 1.53. The first-order valence-corrected chi connectivity index (χ1v) is 9.27. The van der Waals surface area contributed by atoms with Gasteiger partial charge in [0.2, 0.25) is 11.8 Å². The molecule has 0 bridgehead atoms. The first-order valence-electron chi connectivity index (χ1n) is 8.28. The van der Waals surface area contributed by atoms with Crippen molar-refractivity contribution in [2.75, 3.05) is 5.75 Å². The average Bonchev–Trinajstić information content (AvgIpc) is 3.29. The van der Waals surface area contributed by atoms with Gasteiger partial charge in [-0.15, -0.1) is 10.2 Å². The second-order valence-electron chi connectivity index (χ2n) is 6.85. The molecule has 0 atom stereocenters. The average molecular weight is 371 g/mol. The van der Waals surface area contributed by atoms with Gasteiger partial charge < -0.3 is 14.2 Å². The van der Waals surface area contributed by atoms with Gasteiger partial charge in [-0.25, -0.2) is 0 Å². The zero-order chi connectivity index (χ0) is 18.6. The minimum Gasteiger partial charge on any atom is -0.467 e. The maximum absolute atomic E-state index is 11.9. The molecule has 7 heteroatoms. The number of furan rings is 1. The molecular formula is C19H21N3O3S. The zero-order valence-corrected chi connectivity index (χ0v) is 15.8. The minimum absolute atomic E-state index is 0.0946. The molecule has 2 heterocycles. The fourth-order valence-corrected chi connectivity index (χ4v) is 2.87. The fraction of sp³-hybridized carbons (Fsp3) is 0.316. The molecule has 3 aromatic rings. The van der Waals surface area contributed by atoms with Crippen molar-refractivity contribution in [3.63, 3.8) is 0 Å². The molecule has 0 saturated carbocycles. The van der Waals surface area contributed by atoms with Gasteiger partial charge in [-0.2, -0.15) is 0 Å². The highest BCUT2D eigenvalue weighted by Crippen LogP contribution is 2.27. The topological polar surface area (TPSA) is 81.2 Å². The van der Waals surface area contributed by atoms with Gasteiger partial charge in [-0.3, -0.25) is 4.79 Å². The Labute approximate surface area is 156 Å². The number of nitrogens with zero attached hydrogens (tertiary/aromatic N) is 2. The number of aromatic nitrogens is 2. The Morgan fingerprint density at radius 3 is 2.58 bits per heavy atom. The predicted molar refractivity (Wildman–Crippen MR) is 99.7 cm³/mol. The lowest BCUT2D eigenvalue weighted by atomic mass is 9.87. The maximum atomic E-state index is 11.9. The third-order valence-corrected chi connectivity index (χ3v) is 4.59. The van der Waals surface area contributed by atoms with Gasteiger partial charge in [0.05, 0.1) is 18.6 Å². The smallest absolute Gasteiger partial charge is 0.277 e. The summed E-state index contributed by atoms with van der Waals surface area (Å²) in [5, 5.41) is 11.2. The second kappa shape index (κ2) is 7.78. The van der Waals surface area contributed by atoms with Crippen molar-refractivity contribution in [3.8, 4) is 11.5 Å². The summed E-state index contributed by atoms with van der Waals surface area (Å²) >= 11 is 1.21. The van der Waals surface area contributed by atoms with Gasteiger partial charge in [0.15, 0.2) is 0 Å². The number of nitrogens with one attached hydrogen (secondary N) is 1. The van der Waals surface area contributed by atoms with Crippen molar-refractivity contribution in [2.24, 2.45) is 0 Å². The van der Waals surface area contributed by atoms with Crippen LogP contribution in [-0.4, -0.2) is 21.9 Å². The Morgan fingerprint density at radius 2 is 1.92 bits per heavy atom. The summed E-state index contributed by atoms with van der Waals surface area (Å²) in [6, 6.07) is 11.7. The number of carbonyl (C=O) groups excluding carboxylic acids is 1. The SMILES string of the molecule is CC(C)(C)c1ccc(-c2nnc(SCC(=O)NCc3ccco3)o2)cc1. The van der Waals surface area contributed by atoms with E-state index in [1.165, 1.54) is 17.3 Å². The molecule has 0 radical (unpaired) electrons. The van der Waals surface area contributed by atoms with E-state index in [0.29, 0.717) is 23.4 Å². The molecule has 0 saturated heterocycles. The molecule has 26 heavy (non-hydrogen) atoms. The molecule has 3 rings (SSSR count). The molecule has 6 nitrogen and oxygen atoms in total. The lowest BCUT2D eigenvalue weighted by molar-refractivity contribution is -0.118. The van der Waals surface area contributed by atoms with Crippen LogP contribution in [0, 0.1) is 0 Å². The highest BCUT2D eigenvalue weighted by molar-refractivity contribution is 7.99. The fourth-order valence-electron chi connectivity index (χ4n) is 2.27. The molecule has 0 aliphatic carbocycles. The highest BCUT2D eigenvalue weighted by atomic mass is 32.2. The van der Waals surface area contributed by atoms with E-state index >= 15 is 0 Å². The van der Waals surface area contributed by atoms with Crippen LogP contribution in [0.5, 0.6) is 0 Å². The molecule has 136 valence electrons. The molecule has 0 fully saturated rings. The summed E-state index contributed by atoms with van der Waals surface area (Å²) in [5.74, 6) is 1.23. The van der Waals surface area contributed by atoms with Crippen molar-refractivity contribution in [1.29, 1.82) is 0 Å². The summed E-state index contributed by atoms with van der Waals surface area (Å²) < 4.78 is 10.8. The lowest BCUT2D eigenvalue weighted by Gasteiger charge is -2.18. The molecule has 2 aromatic heterocycles. The number of rotatable bonds is 6. The van der Waals surface area contributed by atoms with Gasteiger partial charge in [0.25, 0.3) is 5.22 Å². The monoisotopic (exact) mass is 371 g/mol. The molecule has 0 spiro atoms. The maximum Gasteiger partial charge on any atom is 0.277 e. The third kappa shape index (κ3) is 4.76. The molecule has 0 unspecified atom stereocenters. The third-order valence-electron chi connectivity index (χ3n) is 3.77. The van der Waals surface area contributed by atoms with Gasteiger partial charge in [0.1, 0.15) is 5.76 Å². The van der Waals surface area contributed by atoms with Crippen molar-refractivity contribution >= 4 is 17.7 Å². The van der Waals surface area contributed by atoms with E-state index in [4.69, 9.17) is 8.83 Å². The minimum atomic E-state index is -0.124. The van der Waals surface area contributed by atoms with E-state index in [0.717, 1.165) is 5.56 Å². The Kier molecular flexibility index (Phi) is 5.46. The van der Waals surface area contributed by atoms with Gasteiger partial charge in [-0.1, -0.05) is 44.7 Å². The standard InChI is InChI=1S/C19H21N3O3S/c1-19(2,3)14-8-6-13(7-9-14)17-21-22-18(25-17)26-12-16(23)20-11-15-5-4-10-24-15/h4-10H,11-12H2,1-3H3,(H,20,23). The molecule has 0 aliphatic heterocycles. The number of hydrogen-bond acceptors (Lipinski definition) is 6. The molecule has 0 aliphatic rings. The molecular weight excluding hydrogens is 350 g/mol. The normalized spacial score (nSPS) is 11.5. The summed E-state index contributed by atoms with van der Waals surface area (Å²) in [6.45, 7) is 6.86. The summed E-state index contributed by atoms with van der Waals surface area (Å²) in [4.78, 5) is 11.9. The van der Waals surface area contributed by atoms with Gasteiger partial charge in [-0.05, 0) is 35.2 Å². The van der Waals surface area contributed by atoms with Crippen LogP contribution in [0.15, 0.2) is 56.7 Å². The van der Waals surface area contributed by atoms with Gasteiger partial charge in [0, 0.05) is 5.56 Å². The van der Waals surface area contributed by atoms with Crippen molar-refractivity contribution in [2.45, 2.75) is 38.0 Å². The van der Waals surface area contributed by atoms with Gasteiger partial charge >= 0.3 is 0 Å². The van der Waals surface area contributed by atoms with E-state index in [9.17, 15) is 4.79 Å². The van der Waals surface area contributed by atoms with Crippen LogP contribution < -0.4 is 5.32 Å². The lowest BCUT2D eigenvalue weighted by Crippen LogP contribution is -2.24. The van der Waals surface area contributed by atoms with Crippen LogP contribution in [0.3, 0.4) is 0 Å². The number of thioether (sulfide) groups is 1. The van der Waals surface area contributed by atoms with Crippen LogP contribution in [0.2, 0.25) is 0 Å². The van der Waals surface area contributed by atoms with Crippen LogP contribution in [0.4, 0.5) is 0 Å². The summed E-state index contributed by atoms with van der Waals surface area (Å²) in [5.41, 5.74) is 2.19. The van der Waals surface area contributed by atoms with E-state index in [1.807, 2.05) is 18.2 Å². The van der Waals surface area contributed by atoms with Crippen LogP contribution in [0.25, 0.3) is 11.5 Å². The predicted octanol–water partition coefficient (Wildman–Crippen LogP) is 4.04. The molecule has 1 aromatic carbocycles. The Morgan fingerprint density at radius 1 is 1.15 bits per heavy atom. The van der Waals surface area contributed by atoms with Crippen molar-refractivity contribution < 1.29 is 13.6 Å². The summed E-state index contributed by atoms with van der Waals surface area (Å²) in [6.07, 6.45) is 1.57. The van der Waals surface area contributed by atoms with Crippen molar-refractivity contribution in [1.82, 2.24) is 15.5 Å². The van der Waals surface area contributed by atoms with Crippen LogP contribution in [-0.2, 0) is 16.8 Å². The quantitative estimate of drug-likeness (QED) is 0.659. The Bertz CT molecular complexity index is 849. The number of amides is 1. The van der Waals surface area contributed by atoms with E-state index < -0.39 is 0 Å². The second-order valence-corrected chi connectivity index (χ2v) is 7.77. The van der Waals surface area contributed by atoms with Crippen LogP contribution in [0.1, 0.15) is 32.1 Å². The first kappa shape index (κ1) is 18.3. The van der Waals surface area contributed by atoms with Crippen molar-refractivity contribution in [3.05, 3.63) is 54.0 Å². The van der Waals surface area contributed by atoms with E-state index in [1.54, 1.807) is 12.3 Å². The zero-order valence-electron chi connectivity index (χ0n) is 15.0. The van der Waals surface area contributed by atoms with E-state index in [2.05, 4.69) is 48.4 Å². The highest BCUT2D eigenvalue weighted by Gasteiger charge is 2.15. The number of benzene rings is 1. The first-order chi connectivity index (χ1) is 12.4. The van der Waals surface area contributed by atoms with Crippen LogP contribution >= 0.6 is 11.8 Å². The summed E-state index contributed by atoms with van der Waals surface area (Å²) in [7, 11) is 0. The number of hydrogen-bond donors (Lipinski definition) is 1. The van der Waals surface area contributed by atoms with E-state index in [-0.39, 0.29) is 17.1 Å². The Hall–Kier alpha value is -2.54. The molecule has 1 N–H and O–H groups in total. The largest absolute Gasteiger partial charge is 0.467 e. The number of carbonyl (C=O) groups is 1.